The van der Waals surface area contributed by atoms with Crippen molar-refractivity contribution in [2.24, 2.45) is 0 Å². The minimum absolute atomic E-state index is 0.181. The summed E-state index contributed by atoms with van der Waals surface area (Å²) in [5.41, 5.74) is 3.30. The van der Waals surface area contributed by atoms with Gasteiger partial charge in [-0.15, -0.1) is 0 Å². The number of hydrogen-bond donors (Lipinski definition) is 0. The number of thioether (sulfide) groups is 1. The van der Waals surface area contributed by atoms with Crippen molar-refractivity contribution in [3.05, 3.63) is 70.6 Å². The summed E-state index contributed by atoms with van der Waals surface area (Å²) < 4.78 is 5.39. The normalized spacial score (nSPS) is 18.7. The smallest absolute Gasteiger partial charge is 0.293 e. The Morgan fingerprint density at radius 1 is 0.966 bits per heavy atom. The monoisotopic (exact) mass is 408 g/mol. The van der Waals surface area contributed by atoms with Crippen molar-refractivity contribution in [2.75, 3.05) is 37.7 Å². The van der Waals surface area contributed by atoms with Crippen LogP contribution in [0.25, 0.3) is 6.08 Å². The lowest BCUT2D eigenvalue weighted by molar-refractivity contribution is -0.122. The lowest BCUT2D eigenvalue weighted by atomic mass is 10.1. The van der Waals surface area contributed by atoms with Gasteiger partial charge in [-0.25, -0.2) is 0 Å². The van der Waals surface area contributed by atoms with Crippen LogP contribution in [0.4, 0.5) is 10.5 Å². The van der Waals surface area contributed by atoms with Gasteiger partial charge in [0.2, 0.25) is 0 Å². The van der Waals surface area contributed by atoms with Gasteiger partial charge < -0.3 is 9.64 Å². The van der Waals surface area contributed by atoms with Gasteiger partial charge in [-0.1, -0.05) is 42.5 Å². The van der Waals surface area contributed by atoms with Crippen molar-refractivity contribution in [2.45, 2.75) is 12.8 Å². The van der Waals surface area contributed by atoms with E-state index in [0.717, 1.165) is 62.2 Å². The fourth-order valence-electron chi connectivity index (χ4n) is 3.53. The number of amides is 2. The summed E-state index contributed by atoms with van der Waals surface area (Å²) in [6, 6.07) is 18.2. The van der Waals surface area contributed by atoms with Crippen LogP contribution in [0.1, 0.15) is 17.5 Å². The molecule has 0 unspecified atom stereocenters. The van der Waals surface area contributed by atoms with Crippen LogP contribution in [-0.2, 0) is 16.0 Å². The number of hydrogen-bond acceptors (Lipinski definition) is 5. The standard InChI is InChI=1S/C23H24N2O3S/c26-22-21(17-19-8-10-20(11-9-19)24-13-15-28-16-14-24)29-23(27)25(22)12-4-7-18-5-2-1-3-6-18/h1-3,5-6,8-11,17H,4,7,12-16H2/b21-17+. The molecule has 2 aromatic carbocycles. The number of benzene rings is 2. The first kappa shape index (κ1) is 19.7. The first-order chi connectivity index (χ1) is 14.2. The maximum Gasteiger partial charge on any atom is 0.293 e. The largest absolute Gasteiger partial charge is 0.378 e. The lowest BCUT2D eigenvalue weighted by Gasteiger charge is -2.28. The van der Waals surface area contributed by atoms with Crippen LogP contribution >= 0.6 is 11.8 Å². The molecule has 2 aromatic rings. The number of aryl methyl sites for hydroxylation is 1. The van der Waals surface area contributed by atoms with E-state index in [2.05, 4.69) is 29.2 Å². The van der Waals surface area contributed by atoms with Gasteiger partial charge in [0.1, 0.15) is 0 Å². The number of morpholine rings is 1. The average Bonchev–Trinajstić information content (AvgIpc) is 3.03. The van der Waals surface area contributed by atoms with Crippen molar-refractivity contribution in [3.63, 3.8) is 0 Å². The molecule has 5 nitrogen and oxygen atoms in total. The molecule has 2 aliphatic heterocycles. The summed E-state index contributed by atoms with van der Waals surface area (Å²) in [6.07, 6.45) is 3.43. The van der Waals surface area contributed by atoms with Gasteiger partial charge in [-0.3, -0.25) is 14.5 Å². The Kier molecular flexibility index (Phi) is 6.32. The van der Waals surface area contributed by atoms with Gasteiger partial charge >= 0.3 is 0 Å². The Bertz CT molecular complexity index is 890. The van der Waals surface area contributed by atoms with Crippen molar-refractivity contribution in [1.29, 1.82) is 0 Å². The molecule has 4 rings (SSSR count). The zero-order valence-corrected chi connectivity index (χ0v) is 17.1. The molecular weight excluding hydrogens is 384 g/mol. The van der Waals surface area contributed by atoms with Gasteiger partial charge in [-0.2, -0.15) is 0 Å². The van der Waals surface area contributed by atoms with E-state index in [4.69, 9.17) is 4.74 Å². The van der Waals surface area contributed by atoms with Crippen molar-refractivity contribution in [3.8, 4) is 0 Å². The quantitative estimate of drug-likeness (QED) is 0.671. The first-order valence-corrected chi connectivity index (χ1v) is 10.7. The molecule has 0 aromatic heterocycles. The van der Waals surface area contributed by atoms with Gasteiger partial charge in [-0.05, 0) is 53.9 Å². The number of ether oxygens (including phenoxy) is 1. The number of imide groups is 1. The molecule has 0 spiro atoms. The van der Waals surface area contributed by atoms with E-state index < -0.39 is 0 Å². The van der Waals surface area contributed by atoms with Crippen LogP contribution in [0.3, 0.4) is 0 Å². The third kappa shape index (κ3) is 4.89. The summed E-state index contributed by atoms with van der Waals surface area (Å²) in [6.45, 7) is 3.73. The van der Waals surface area contributed by atoms with Crippen LogP contribution < -0.4 is 4.90 Å². The van der Waals surface area contributed by atoms with Gasteiger partial charge in [0.25, 0.3) is 11.1 Å². The first-order valence-electron chi connectivity index (χ1n) is 9.93. The molecule has 2 fully saturated rings. The number of carbonyl (C=O) groups excluding carboxylic acids is 2. The fourth-order valence-corrected chi connectivity index (χ4v) is 4.40. The number of carbonyl (C=O) groups is 2. The second-order valence-corrected chi connectivity index (χ2v) is 8.11. The zero-order chi connectivity index (χ0) is 20.1. The summed E-state index contributed by atoms with van der Waals surface area (Å²) in [5, 5.41) is -0.181. The van der Waals surface area contributed by atoms with E-state index in [1.54, 1.807) is 0 Å². The maximum absolute atomic E-state index is 12.7. The van der Waals surface area contributed by atoms with Crippen LogP contribution in [-0.4, -0.2) is 48.9 Å². The SMILES string of the molecule is O=C1S/C(=C/c2ccc(N3CCOCC3)cc2)C(=O)N1CCCc1ccccc1. The molecule has 0 radical (unpaired) electrons. The van der Waals surface area contributed by atoms with Crippen molar-refractivity contribution in [1.82, 2.24) is 4.90 Å². The molecular formula is C23H24N2O3S. The number of anilines is 1. The average molecular weight is 409 g/mol. The molecule has 6 heteroatoms. The Labute approximate surface area is 175 Å². The Morgan fingerprint density at radius 3 is 2.41 bits per heavy atom. The molecule has 2 saturated heterocycles. The van der Waals surface area contributed by atoms with E-state index in [-0.39, 0.29) is 11.1 Å². The third-order valence-corrected chi connectivity index (χ3v) is 6.04. The van der Waals surface area contributed by atoms with E-state index >= 15 is 0 Å². The zero-order valence-electron chi connectivity index (χ0n) is 16.3. The highest BCUT2D eigenvalue weighted by Crippen LogP contribution is 2.32. The highest BCUT2D eigenvalue weighted by molar-refractivity contribution is 8.18. The molecule has 0 aliphatic carbocycles. The minimum atomic E-state index is -0.190. The molecule has 0 saturated carbocycles. The van der Waals surface area contributed by atoms with Gasteiger partial charge in [0.05, 0.1) is 18.1 Å². The number of rotatable bonds is 6. The lowest BCUT2D eigenvalue weighted by Crippen LogP contribution is -2.36. The van der Waals surface area contributed by atoms with Crippen LogP contribution in [0, 0.1) is 0 Å². The van der Waals surface area contributed by atoms with Crippen molar-refractivity contribution >= 4 is 34.7 Å². The van der Waals surface area contributed by atoms with E-state index in [0.29, 0.717) is 11.4 Å². The molecule has 2 aliphatic rings. The summed E-state index contributed by atoms with van der Waals surface area (Å²) in [5.74, 6) is -0.190. The van der Waals surface area contributed by atoms with Gasteiger partial charge in [0.15, 0.2) is 0 Å². The topological polar surface area (TPSA) is 49.9 Å². The Hall–Kier alpha value is -2.57. The van der Waals surface area contributed by atoms with E-state index in [9.17, 15) is 9.59 Å². The predicted molar refractivity (Wildman–Crippen MR) is 117 cm³/mol. The van der Waals surface area contributed by atoms with E-state index in [1.165, 1.54) is 10.5 Å². The molecule has 0 bridgehead atoms. The molecule has 150 valence electrons. The molecule has 0 N–H and O–H groups in total. The Morgan fingerprint density at radius 2 is 1.69 bits per heavy atom. The molecule has 0 atom stereocenters. The van der Waals surface area contributed by atoms with Crippen LogP contribution in [0.15, 0.2) is 59.5 Å². The molecule has 2 heterocycles. The summed E-state index contributed by atoms with van der Waals surface area (Å²) in [4.78, 5) is 29.1. The summed E-state index contributed by atoms with van der Waals surface area (Å²) in [7, 11) is 0. The summed E-state index contributed by atoms with van der Waals surface area (Å²) >= 11 is 1.03. The van der Waals surface area contributed by atoms with Crippen molar-refractivity contribution < 1.29 is 14.3 Å². The predicted octanol–water partition coefficient (Wildman–Crippen LogP) is 4.19. The number of nitrogens with zero attached hydrogens (tertiary/aromatic N) is 2. The third-order valence-electron chi connectivity index (χ3n) is 5.13. The van der Waals surface area contributed by atoms with Crippen LogP contribution in [0.5, 0.6) is 0 Å². The maximum atomic E-state index is 12.7. The highest BCUT2D eigenvalue weighted by Gasteiger charge is 2.34. The van der Waals surface area contributed by atoms with Crippen LogP contribution in [0.2, 0.25) is 0 Å². The van der Waals surface area contributed by atoms with Gasteiger partial charge in [0, 0.05) is 25.3 Å². The minimum Gasteiger partial charge on any atom is -0.378 e. The molecule has 2 amide bonds. The second-order valence-electron chi connectivity index (χ2n) is 7.11. The van der Waals surface area contributed by atoms with E-state index in [1.807, 2.05) is 36.4 Å². The second kappa shape index (κ2) is 9.29. The molecule has 29 heavy (non-hydrogen) atoms. The Balaban J connectivity index is 1.36. The fraction of sp³-hybridized carbons (Fsp3) is 0.304. The highest BCUT2D eigenvalue weighted by atomic mass is 32.2.